The summed E-state index contributed by atoms with van der Waals surface area (Å²) in [5, 5.41) is 4.36. The molecule has 0 saturated carbocycles. The van der Waals surface area contributed by atoms with E-state index >= 15 is 0 Å². The van der Waals surface area contributed by atoms with Crippen LogP contribution in [0.2, 0.25) is 19.1 Å². The Labute approximate surface area is 155 Å². The van der Waals surface area contributed by atoms with Crippen LogP contribution in [0.5, 0.6) is 11.5 Å². The highest BCUT2D eigenvalue weighted by atomic mass is 28.3. The van der Waals surface area contributed by atoms with E-state index in [0.717, 1.165) is 23.6 Å². The van der Waals surface area contributed by atoms with Crippen molar-refractivity contribution in [3.8, 4) is 22.8 Å². The number of nitrogens with zero attached hydrogens (tertiary/aromatic N) is 3. The van der Waals surface area contributed by atoms with E-state index in [-0.39, 0.29) is 0 Å². The lowest BCUT2D eigenvalue weighted by molar-refractivity contribution is 0.0801. The second-order valence-electron chi connectivity index (χ2n) is 6.48. The molecule has 2 heterocycles. The highest BCUT2D eigenvalue weighted by Gasteiger charge is 2.07. The minimum absolute atomic E-state index is 0.471. The molecule has 0 spiro atoms. The molecule has 0 fully saturated rings. The van der Waals surface area contributed by atoms with Crippen LogP contribution in [0.1, 0.15) is 0 Å². The molecule has 7 heteroatoms. The smallest absolute Gasteiger partial charge is 0.145 e. The van der Waals surface area contributed by atoms with Crippen LogP contribution in [-0.4, -0.2) is 30.2 Å². The summed E-state index contributed by atoms with van der Waals surface area (Å²) in [5.74, 6) is 1.86. The fourth-order valence-electron chi connectivity index (χ4n) is 2.43. The summed E-state index contributed by atoms with van der Waals surface area (Å²) in [6, 6.07) is 14.5. The maximum atomic E-state index is 5.78. The predicted molar refractivity (Wildman–Crippen MR) is 106 cm³/mol. The van der Waals surface area contributed by atoms with Gasteiger partial charge >= 0.3 is 0 Å². The van der Waals surface area contributed by atoms with Crippen molar-refractivity contribution in [3.05, 3.63) is 54.9 Å². The number of anilines is 1. The molecule has 6 nitrogen and oxygen atoms in total. The number of ether oxygens (including phenoxy) is 2. The fraction of sp³-hybridized carbons (Fsp3) is 0.263. The molecule has 3 aromatic rings. The molecule has 3 rings (SSSR count). The summed E-state index contributed by atoms with van der Waals surface area (Å²) in [5.41, 5.74) is 7.67. The molecule has 0 saturated heterocycles. The van der Waals surface area contributed by atoms with Gasteiger partial charge in [0.15, 0.2) is 0 Å². The van der Waals surface area contributed by atoms with Gasteiger partial charge in [-0.1, -0.05) is 13.1 Å². The van der Waals surface area contributed by atoms with Gasteiger partial charge in [-0.3, -0.25) is 0 Å². The minimum Gasteiger partial charge on any atom is -0.456 e. The van der Waals surface area contributed by atoms with Crippen molar-refractivity contribution in [2.75, 3.05) is 12.3 Å². The van der Waals surface area contributed by atoms with Crippen LogP contribution >= 0.6 is 0 Å². The van der Waals surface area contributed by atoms with E-state index in [1.54, 1.807) is 24.5 Å². The van der Waals surface area contributed by atoms with Crippen molar-refractivity contribution in [2.24, 2.45) is 0 Å². The SMILES string of the molecule is C[SiH](C)CCOCn1nccc1-c1ccc(Oc2ccc(N)nc2)cc1. The van der Waals surface area contributed by atoms with Gasteiger partial charge in [0.25, 0.3) is 0 Å². The maximum Gasteiger partial charge on any atom is 0.145 e. The number of hydrogen-bond acceptors (Lipinski definition) is 5. The molecule has 0 unspecified atom stereocenters. The minimum atomic E-state index is -0.571. The van der Waals surface area contributed by atoms with Gasteiger partial charge in [0.2, 0.25) is 0 Å². The number of aromatic nitrogens is 3. The number of pyridine rings is 1. The Kier molecular flexibility index (Phi) is 6.03. The van der Waals surface area contributed by atoms with Gasteiger partial charge < -0.3 is 15.2 Å². The Morgan fingerprint density at radius 1 is 1.04 bits per heavy atom. The van der Waals surface area contributed by atoms with Crippen molar-refractivity contribution < 1.29 is 9.47 Å². The van der Waals surface area contributed by atoms with E-state index in [1.165, 1.54) is 6.04 Å². The Bertz CT molecular complexity index is 816. The van der Waals surface area contributed by atoms with Gasteiger partial charge in [-0.15, -0.1) is 0 Å². The second-order valence-corrected chi connectivity index (χ2v) is 9.85. The zero-order chi connectivity index (χ0) is 18.4. The number of benzene rings is 1. The molecule has 0 aliphatic rings. The van der Waals surface area contributed by atoms with Gasteiger partial charge in [0.05, 0.1) is 11.9 Å². The number of hydrogen-bond donors (Lipinski definition) is 1. The first-order valence-corrected chi connectivity index (χ1v) is 11.8. The molecule has 0 atom stereocenters. The summed E-state index contributed by atoms with van der Waals surface area (Å²) in [6.07, 6.45) is 3.40. The van der Waals surface area contributed by atoms with E-state index in [0.29, 0.717) is 18.3 Å². The summed E-state index contributed by atoms with van der Waals surface area (Å²) in [6.45, 7) is 5.92. The molecule has 0 aliphatic carbocycles. The maximum absolute atomic E-state index is 5.78. The van der Waals surface area contributed by atoms with E-state index in [1.807, 2.05) is 35.0 Å². The van der Waals surface area contributed by atoms with Crippen molar-refractivity contribution in [1.29, 1.82) is 0 Å². The van der Waals surface area contributed by atoms with Crippen molar-refractivity contribution >= 4 is 14.6 Å². The monoisotopic (exact) mass is 368 g/mol. The lowest BCUT2D eigenvalue weighted by Gasteiger charge is -2.10. The molecular formula is C19H24N4O2Si. The van der Waals surface area contributed by atoms with Gasteiger partial charge in [-0.05, 0) is 48.5 Å². The van der Waals surface area contributed by atoms with Gasteiger partial charge in [0.1, 0.15) is 24.0 Å². The summed E-state index contributed by atoms with van der Waals surface area (Å²) < 4.78 is 13.4. The molecule has 2 aromatic heterocycles. The zero-order valence-corrected chi connectivity index (χ0v) is 16.3. The molecule has 0 radical (unpaired) electrons. The quantitative estimate of drug-likeness (QED) is 0.484. The zero-order valence-electron chi connectivity index (χ0n) is 15.1. The Hall–Kier alpha value is -2.64. The Morgan fingerprint density at radius 3 is 2.50 bits per heavy atom. The third-order valence-electron chi connectivity index (χ3n) is 3.91. The molecule has 1 aromatic carbocycles. The Balaban J connectivity index is 1.63. The highest BCUT2D eigenvalue weighted by Crippen LogP contribution is 2.25. The van der Waals surface area contributed by atoms with Gasteiger partial charge in [-0.25, -0.2) is 9.67 Å². The number of nitrogens with two attached hydrogens (primary N) is 1. The first kappa shape index (κ1) is 18.2. The molecule has 0 bridgehead atoms. The van der Waals surface area contributed by atoms with Crippen LogP contribution in [0.15, 0.2) is 54.9 Å². The third kappa shape index (κ3) is 4.93. The van der Waals surface area contributed by atoms with Crippen LogP contribution in [0.4, 0.5) is 5.82 Å². The summed E-state index contributed by atoms with van der Waals surface area (Å²) >= 11 is 0. The average molecular weight is 369 g/mol. The normalized spacial score (nSPS) is 11.0. The molecule has 26 heavy (non-hydrogen) atoms. The van der Waals surface area contributed by atoms with Crippen LogP contribution in [0.3, 0.4) is 0 Å². The predicted octanol–water partition coefficient (Wildman–Crippen LogP) is 3.78. The molecule has 136 valence electrons. The third-order valence-corrected chi connectivity index (χ3v) is 5.31. The van der Waals surface area contributed by atoms with Crippen LogP contribution in [0, 0.1) is 0 Å². The fourth-order valence-corrected chi connectivity index (χ4v) is 3.07. The first-order chi connectivity index (χ1) is 12.6. The topological polar surface area (TPSA) is 75.2 Å². The highest BCUT2D eigenvalue weighted by molar-refractivity contribution is 6.55. The summed E-state index contributed by atoms with van der Waals surface area (Å²) in [4.78, 5) is 4.02. The molecule has 0 aliphatic heterocycles. The lowest BCUT2D eigenvalue weighted by atomic mass is 10.1. The van der Waals surface area contributed by atoms with Crippen LogP contribution in [-0.2, 0) is 11.5 Å². The van der Waals surface area contributed by atoms with E-state index in [2.05, 4.69) is 23.2 Å². The van der Waals surface area contributed by atoms with Gasteiger partial charge in [-0.2, -0.15) is 5.10 Å². The summed E-state index contributed by atoms with van der Waals surface area (Å²) in [7, 11) is -0.571. The molecule has 2 N–H and O–H groups in total. The van der Waals surface area contributed by atoms with Crippen LogP contribution < -0.4 is 10.5 Å². The molecule has 0 amide bonds. The second kappa shape index (κ2) is 8.64. The van der Waals surface area contributed by atoms with Crippen molar-refractivity contribution in [1.82, 2.24) is 14.8 Å². The largest absolute Gasteiger partial charge is 0.456 e. The Morgan fingerprint density at radius 2 is 1.81 bits per heavy atom. The lowest BCUT2D eigenvalue weighted by Crippen LogP contribution is -2.10. The van der Waals surface area contributed by atoms with Crippen molar-refractivity contribution in [3.63, 3.8) is 0 Å². The molecular weight excluding hydrogens is 344 g/mol. The van der Waals surface area contributed by atoms with Gasteiger partial charge in [0, 0.05) is 27.2 Å². The number of rotatable bonds is 8. The van der Waals surface area contributed by atoms with E-state index in [9.17, 15) is 0 Å². The van der Waals surface area contributed by atoms with E-state index < -0.39 is 8.80 Å². The van der Waals surface area contributed by atoms with Crippen LogP contribution in [0.25, 0.3) is 11.3 Å². The van der Waals surface area contributed by atoms with E-state index in [4.69, 9.17) is 15.2 Å². The number of nitrogen functional groups attached to an aromatic ring is 1. The first-order valence-electron chi connectivity index (χ1n) is 8.71. The average Bonchev–Trinajstić information content (AvgIpc) is 3.10. The van der Waals surface area contributed by atoms with Crippen molar-refractivity contribution in [2.45, 2.75) is 25.9 Å². The standard InChI is InChI=1S/C19H24N4O2Si/c1-26(2)12-11-24-14-23-18(9-10-22-23)15-3-5-16(6-4-15)25-17-7-8-19(20)21-13-17/h3-10,13,26H,11-12,14H2,1-2H3,(H2,20,21).